The molecule has 7 nitrogen and oxygen atoms in total. The molecule has 0 aromatic carbocycles. The van der Waals surface area contributed by atoms with E-state index >= 15 is 0 Å². The van der Waals surface area contributed by atoms with Gasteiger partial charge in [-0.05, 0) is 65.2 Å². The van der Waals surface area contributed by atoms with Gasteiger partial charge in [0.1, 0.15) is 0 Å². The summed E-state index contributed by atoms with van der Waals surface area (Å²) >= 11 is 0. The predicted molar refractivity (Wildman–Crippen MR) is 117 cm³/mol. The third-order valence-corrected chi connectivity index (χ3v) is 10.5. The second-order valence-electron chi connectivity index (χ2n) is 6.65. The molecule has 0 radical (unpaired) electrons. The quantitative estimate of drug-likeness (QED) is 0.289. The highest BCUT2D eigenvalue weighted by Crippen LogP contribution is 2.21. The van der Waals surface area contributed by atoms with Crippen molar-refractivity contribution < 1.29 is 22.1 Å². The first-order chi connectivity index (χ1) is 12.8. The molecule has 0 aromatic rings. The molecule has 0 spiro atoms. The Balaban J connectivity index is 0. The Morgan fingerprint density at radius 3 is 1.63 bits per heavy atom. The van der Waals surface area contributed by atoms with Crippen LogP contribution in [0.4, 0.5) is 0 Å². The highest BCUT2D eigenvalue weighted by atomic mass is 28.4. The van der Waals surface area contributed by atoms with Gasteiger partial charge in [-0.1, -0.05) is 13.3 Å². The van der Waals surface area contributed by atoms with Gasteiger partial charge in [0, 0.05) is 40.1 Å². The second kappa shape index (κ2) is 18.2. The lowest BCUT2D eigenvalue weighted by Gasteiger charge is -2.29. The Morgan fingerprint density at radius 2 is 1.30 bits per heavy atom. The van der Waals surface area contributed by atoms with E-state index in [0.717, 1.165) is 37.9 Å². The van der Waals surface area contributed by atoms with Gasteiger partial charge in [-0.25, -0.2) is 0 Å². The molecule has 0 aromatic heterocycles. The van der Waals surface area contributed by atoms with E-state index in [1.807, 2.05) is 20.8 Å². The van der Waals surface area contributed by atoms with Crippen LogP contribution in [0.25, 0.3) is 0 Å². The van der Waals surface area contributed by atoms with Crippen molar-refractivity contribution in [2.75, 3.05) is 47.1 Å². The fraction of sp³-hybridized carbons (Fsp3) is 1.00. The summed E-state index contributed by atoms with van der Waals surface area (Å²) in [5.41, 5.74) is 11.0. The fourth-order valence-electron chi connectivity index (χ4n) is 2.42. The molecular weight excluding hydrogens is 380 g/mol. The largest absolute Gasteiger partial charge is 0.500 e. The summed E-state index contributed by atoms with van der Waals surface area (Å²) in [5, 5.41) is 0. The second-order valence-corrected chi connectivity index (χ2v) is 13.0. The van der Waals surface area contributed by atoms with E-state index in [-0.39, 0.29) is 0 Å². The van der Waals surface area contributed by atoms with E-state index in [1.165, 1.54) is 0 Å². The Hall–Kier alpha value is 0.154. The van der Waals surface area contributed by atoms with E-state index in [1.54, 1.807) is 14.2 Å². The van der Waals surface area contributed by atoms with Gasteiger partial charge >= 0.3 is 17.4 Å². The Labute approximate surface area is 170 Å². The summed E-state index contributed by atoms with van der Waals surface area (Å²) in [7, 11) is -0.779. The van der Waals surface area contributed by atoms with E-state index in [4.69, 9.17) is 33.6 Å². The zero-order valence-corrected chi connectivity index (χ0v) is 20.8. The first-order valence-corrected chi connectivity index (χ1v) is 14.7. The number of nitrogens with two attached hydrogens (primary N) is 2. The average Bonchev–Trinajstić information content (AvgIpc) is 2.67. The molecular formula is C18H46N2O5Si2. The van der Waals surface area contributed by atoms with Crippen LogP contribution in [-0.4, -0.2) is 64.5 Å². The maximum Gasteiger partial charge on any atom is 0.500 e. The molecule has 9 heteroatoms. The maximum absolute atomic E-state index is 5.76. The van der Waals surface area contributed by atoms with Crippen molar-refractivity contribution in [3.05, 3.63) is 0 Å². The van der Waals surface area contributed by atoms with Crippen molar-refractivity contribution in [3.8, 4) is 0 Å². The number of hydrogen-bond donors (Lipinski definition) is 2. The summed E-state index contributed by atoms with van der Waals surface area (Å²) in [5.74, 6) is 0.494. The molecule has 0 saturated carbocycles. The SMILES string of the molecule is CCO[Si](CCC(C)CN)(OCC)OCC.CO[Si](C)(CCCCN)OC. The molecule has 0 aliphatic rings. The van der Waals surface area contributed by atoms with E-state index < -0.39 is 17.4 Å². The maximum atomic E-state index is 5.76. The summed E-state index contributed by atoms with van der Waals surface area (Å²) in [6.45, 7) is 13.5. The van der Waals surface area contributed by atoms with Crippen LogP contribution in [0.15, 0.2) is 0 Å². The van der Waals surface area contributed by atoms with Crippen molar-refractivity contribution in [2.24, 2.45) is 17.4 Å². The van der Waals surface area contributed by atoms with E-state index in [2.05, 4.69) is 13.5 Å². The van der Waals surface area contributed by atoms with Gasteiger partial charge in [-0.2, -0.15) is 0 Å². The topological polar surface area (TPSA) is 98.2 Å². The van der Waals surface area contributed by atoms with Gasteiger partial charge < -0.3 is 33.6 Å². The van der Waals surface area contributed by atoms with Crippen molar-refractivity contribution >= 4 is 17.4 Å². The standard InChI is InChI=1S/C11H27NO3Si.C7H19NO2Si/c1-5-13-16(14-6-2,15-7-3)9-8-11(4)10-12;1-9-11(3,10-2)7-5-4-6-8/h11H,5-10,12H2,1-4H3;4-8H2,1-3H3. The molecule has 0 rings (SSSR count). The number of rotatable bonds is 16. The summed E-state index contributed by atoms with van der Waals surface area (Å²) in [4.78, 5) is 0. The van der Waals surface area contributed by atoms with Crippen LogP contribution in [0.5, 0.6) is 0 Å². The van der Waals surface area contributed by atoms with E-state index in [9.17, 15) is 0 Å². The molecule has 1 unspecified atom stereocenters. The first-order valence-electron chi connectivity index (χ1n) is 10.2. The van der Waals surface area contributed by atoms with Crippen molar-refractivity contribution in [1.82, 2.24) is 0 Å². The number of hydrogen-bond acceptors (Lipinski definition) is 7. The molecule has 0 heterocycles. The minimum atomic E-state index is -2.43. The molecule has 166 valence electrons. The summed E-state index contributed by atoms with van der Waals surface area (Å²) < 4.78 is 27.9. The van der Waals surface area contributed by atoms with E-state index in [0.29, 0.717) is 32.3 Å². The minimum absolute atomic E-state index is 0.494. The highest BCUT2D eigenvalue weighted by molar-refractivity contribution is 6.65. The molecule has 0 fully saturated rings. The minimum Gasteiger partial charge on any atom is -0.398 e. The molecule has 0 aliphatic carbocycles. The third-order valence-electron chi connectivity index (χ3n) is 4.39. The van der Waals surface area contributed by atoms with Crippen LogP contribution >= 0.6 is 0 Å². The van der Waals surface area contributed by atoms with Crippen LogP contribution in [0.1, 0.15) is 47.0 Å². The monoisotopic (exact) mass is 426 g/mol. The van der Waals surface area contributed by atoms with Crippen LogP contribution < -0.4 is 11.5 Å². The molecule has 0 aliphatic heterocycles. The van der Waals surface area contributed by atoms with Gasteiger partial charge in [0.25, 0.3) is 0 Å². The van der Waals surface area contributed by atoms with Crippen LogP contribution in [0.3, 0.4) is 0 Å². The summed E-state index contributed by atoms with van der Waals surface area (Å²) in [6, 6.07) is 1.90. The van der Waals surface area contributed by atoms with Gasteiger partial charge in [0.2, 0.25) is 0 Å². The van der Waals surface area contributed by atoms with Crippen LogP contribution in [0, 0.1) is 5.92 Å². The highest BCUT2D eigenvalue weighted by Gasteiger charge is 2.40. The lowest BCUT2D eigenvalue weighted by Crippen LogP contribution is -2.46. The first kappa shape index (κ1) is 29.4. The fourth-order valence-corrected chi connectivity index (χ4v) is 6.74. The molecule has 0 saturated heterocycles. The molecule has 0 bridgehead atoms. The van der Waals surface area contributed by atoms with Crippen molar-refractivity contribution in [1.29, 1.82) is 0 Å². The van der Waals surface area contributed by atoms with Crippen LogP contribution in [0.2, 0.25) is 18.6 Å². The number of unbranched alkanes of at least 4 members (excludes halogenated alkanes) is 1. The predicted octanol–water partition coefficient (Wildman–Crippen LogP) is 3.11. The third kappa shape index (κ3) is 14.8. The smallest absolute Gasteiger partial charge is 0.398 e. The normalized spacial score (nSPS) is 13.2. The molecule has 4 N–H and O–H groups in total. The molecule has 1 atom stereocenters. The van der Waals surface area contributed by atoms with Crippen molar-refractivity contribution in [2.45, 2.75) is 65.6 Å². The Morgan fingerprint density at radius 1 is 0.815 bits per heavy atom. The molecule has 27 heavy (non-hydrogen) atoms. The van der Waals surface area contributed by atoms with Crippen molar-refractivity contribution in [3.63, 3.8) is 0 Å². The molecule has 0 amide bonds. The van der Waals surface area contributed by atoms with Gasteiger partial charge in [-0.3, -0.25) is 0 Å². The zero-order valence-electron chi connectivity index (χ0n) is 18.8. The van der Waals surface area contributed by atoms with Gasteiger partial charge in [0.15, 0.2) is 0 Å². The average molecular weight is 427 g/mol. The lowest BCUT2D eigenvalue weighted by molar-refractivity contribution is 0.0698. The zero-order chi connectivity index (χ0) is 21.2. The van der Waals surface area contributed by atoms with Gasteiger partial charge in [0.05, 0.1) is 0 Å². The van der Waals surface area contributed by atoms with Crippen LogP contribution in [-0.2, 0) is 22.1 Å². The summed E-state index contributed by atoms with van der Waals surface area (Å²) in [6.07, 6.45) is 3.18. The lowest BCUT2D eigenvalue weighted by atomic mass is 10.1. The Bertz CT molecular complexity index is 307. The van der Waals surface area contributed by atoms with Gasteiger partial charge in [-0.15, -0.1) is 0 Å². The Kier molecular flexibility index (Phi) is 19.8.